The fraction of sp³-hybridized carbons (Fsp3) is 0.643. The minimum atomic E-state index is -0.156. The van der Waals surface area contributed by atoms with Crippen molar-refractivity contribution in [1.29, 1.82) is 0 Å². The molecule has 1 saturated heterocycles. The minimum absolute atomic E-state index is 0.140. The first-order chi connectivity index (χ1) is 9.67. The molecule has 6 nitrogen and oxygen atoms in total. The van der Waals surface area contributed by atoms with E-state index in [1.54, 1.807) is 4.90 Å². The number of hydrogen-bond donors (Lipinski definition) is 2. The van der Waals surface area contributed by atoms with Gasteiger partial charge in [-0.2, -0.15) is 0 Å². The Kier molecular flexibility index (Phi) is 3.46. The summed E-state index contributed by atoms with van der Waals surface area (Å²) in [6, 6.07) is 1.73. The first kappa shape index (κ1) is 13.1. The highest BCUT2D eigenvalue weighted by atomic mass is 16.2. The van der Waals surface area contributed by atoms with Gasteiger partial charge in [-0.3, -0.25) is 4.79 Å². The molecule has 3 rings (SSSR count). The van der Waals surface area contributed by atoms with E-state index in [2.05, 4.69) is 20.6 Å². The summed E-state index contributed by atoms with van der Waals surface area (Å²) in [6.45, 7) is 3.67. The largest absolute Gasteiger partial charge is 0.370 e. The Bertz CT molecular complexity index is 514. The summed E-state index contributed by atoms with van der Waals surface area (Å²) in [4.78, 5) is 22.8. The molecule has 1 amide bonds. The molecule has 1 unspecified atom stereocenters. The summed E-state index contributed by atoms with van der Waals surface area (Å²) in [6.07, 6.45) is 3.16. The molecule has 0 spiro atoms. The number of hydrogen-bond acceptors (Lipinski definition) is 5. The lowest BCUT2D eigenvalue weighted by atomic mass is 10.2. The fourth-order valence-electron chi connectivity index (χ4n) is 2.47. The normalized spacial score (nSPS) is 22.2. The first-order valence-electron chi connectivity index (χ1n) is 7.31. The van der Waals surface area contributed by atoms with E-state index in [9.17, 15) is 4.79 Å². The Morgan fingerprint density at radius 3 is 2.65 bits per heavy atom. The second-order valence-corrected chi connectivity index (χ2v) is 5.55. The van der Waals surface area contributed by atoms with E-state index in [0.29, 0.717) is 5.92 Å². The number of aromatic nitrogens is 2. The van der Waals surface area contributed by atoms with Crippen molar-refractivity contribution < 1.29 is 4.79 Å². The smallest absolute Gasteiger partial charge is 0.244 e. The molecule has 0 bridgehead atoms. The summed E-state index contributed by atoms with van der Waals surface area (Å²) >= 11 is 0. The van der Waals surface area contributed by atoms with Gasteiger partial charge < -0.3 is 15.5 Å². The van der Waals surface area contributed by atoms with Crippen molar-refractivity contribution in [3.8, 4) is 0 Å². The quantitative estimate of drug-likeness (QED) is 0.850. The van der Waals surface area contributed by atoms with Crippen LogP contribution in [0.15, 0.2) is 6.07 Å². The molecule has 1 aliphatic carbocycles. The van der Waals surface area contributed by atoms with Crippen molar-refractivity contribution >= 4 is 17.5 Å². The van der Waals surface area contributed by atoms with Crippen LogP contribution in [0, 0.1) is 0 Å². The molecular weight excluding hydrogens is 254 g/mol. The van der Waals surface area contributed by atoms with Crippen LogP contribution in [-0.4, -0.2) is 47.0 Å². The molecule has 1 aliphatic heterocycles. The second kappa shape index (κ2) is 5.26. The molecule has 1 saturated carbocycles. The molecule has 2 fully saturated rings. The van der Waals surface area contributed by atoms with Gasteiger partial charge in [0.15, 0.2) is 0 Å². The number of amides is 1. The lowest BCUT2D eigenvalue weighted by molar-refractivity contribution is -0.127. The Balaban J connectivity index is 1.79. The maximum Gasteiger partial charge on any atom is 0.244 e. The number of nitrogens with zero attached hydrogens (tertiary/aromatic N) is 3. The molecule has 108 valence electrons. The van der Waals surface area contributed by atoms with E-state index in [1.165, 1.54) is 12.8 Å². The number of rotatable bonds is 5. The van der Waals surface area contributed by atoms with Gasteiger partial charge in [0.25, 0.3) is 0 Å². The van der Waals surface area contributed by atoms with Gasteiger partial charge in [-0.25, -0.2) is 9.97 Å². The molecule has 0 radical (unpaired) electrons. The summed E-state index contributed by atoms with van der Waals surface area (Å²) in [7, 11) is 1.84. The number of likely N-dealkylation sites (tertiary alicyclic amines) is 1. The monoisotopic (exact) mass is 275 g/mol. The summed E-state index contributed by atoms with van der Waals surface area (Å²) in [5.41, 5.74) is 0. The van der Waals surface area contributed by atoms with E-state index < -0.39 is 0 Å². The molecule has 20 heavy (non-hydrogen) atoms. The Morgan fingerprint density at radius 1 is 1.30 bits per heavy atom. The number of carbonyl (C=O) groups is 1. The van der Waals surface area contributed by atoms with Crippen molar-refractivity contribution in [2.75, 3.05) is 30.8 Å². The van der Waals surface area contributed by atoms with Crippen LogP contribution in [0.5, 0.6) is 0 Å². The van der Waals surface area contributed by atoms with Crippen LogP contribution in [-0.2, 0) is 4.79 Å². The highest BCUT2D eigenvalue weighted by molar-refractivity contribution is 5.86. The van der Waals surface area contributed by atoms with E-state index in [-0.39, 0.29) is 11.9 Å². The predicted octanol–water partition coefficient (Wildman–Crippen LogP) is 1.43. The van der Waals surface area contributed by atoms with Gasteiger partial charge in [-0.05, 0) is 26.2 Å². The molecule has 1 aromatic heterocycles. The van der Waals surface area contributed by atoms with Crippen LogP contribution in [0.3, 0.4) is 0 Å². The van der Waals surface area contributed by atoms with E-state index >= 15 is 0 Å². The van der Waals surface area contributed by atoms with Crippen LogP contribution < -0.4 is 10.6 Å². The van der Waals surface area contributed by atoms with Crippen molar-refractivity contribution in [1.82, 2.24) is 14.9 Å². The van der Waals surface area contributed by atoms with Crippen LogP contribution in [0.25, 0.3) is 0 Å². The van der Waals surface area contributed by atoms with Crippen LogP contribution in [0.4, 0.5) is 11.6 Å². The zero-order valence-corrected chi connectivity index (χ0v) is 12.0. The molecule has 0 aromatic carbocycles. The van der Waals surface area contributed by atoms with Crippen molar-refractivity contribution in [3.63, 3.8) is 0 Å². The predicted molar refractivity (Wildman–Crippen MR) is 77.8 cm³/mol. The van der Waals surface area contributed by atoms with Crippen LogP contribution in [0.1, 0.15) is 37.9 Å². The van der Waals surface area contributed by atoms with Gasteiger partial charge in [0.2, 0.25) is 5.91 Å². The molecule has 2 aliphatic rings. The average molecular weight is 275 g/mol. The minimum Gasteiger partial charge on any atom is -0.370 e. The number of likely N-dealkylation sites (N-methyl/N-ethyl adjacent to an activating group) is 1. The van der Waals surface area contributed by atoms with Gasteiger partial charge in [-0.15, -0.1) is 0 Å². The highest BCUT2D eigenvalue weighted by Crippen LogP contribution is 2.38. The molecule has 2 N–H and O–H groups in total. The average Bonchev–Trinajstić information content (AvgIpc) is 3.22. The molecule has 1 atom stereocenters. The van der Waals surface area contributed by atoms with Gasteiger partial charge in [-0.1, -0.05) is 0 Å². The fourth-order valence-corrected chi connectivity index (χ4v) is 2.47. The van der Waals surface area contributed by atoms with Gasteiger partial charge in [0, 0.05) is 32.1 Å². The van der Waals surface area contributed by atoms with E-state index in [1.807, 2.05) is 20.0 Å². The number of nitrogens with one attached hydrogen (secondary N) is 2. The first-order valence-corrected chi connectivity index (χ1v) is 7.31. The second-order valence-electron chi connectivity index (χ2n) is 5.55. The lowest BCUT2D eigenvalue weighted by Gasteiger charge is -2.14. The van der Waals surface area contributed by atoms with E-state index in [4.69, 9.17) is 0 Å². The van der Waals surface area contributed by atoms with Crippen LogP contribution >= 0.6 is 0 Å². The van der Waals surface area contributed by atoms with Gasteiger partial charge in [0.1, 0.15) is 23.5 Å². The summed E-state index contributed by atoms with van der Waals surface area (Å²) in [5.74, 6) is 3.12. The van der Waals surface area contributed by atoms with Crippen LogP contribution in [0.2, 0.25) is 0 Å². The van der Waals surface area contributed by atoms with Gasteiger partial charge in [0.05, 0.1) is 0 Å². The maximum atomic E-state index is 12.0. The number of carbonyl (C=O) groups excluding carboxylic acids is 1. The topological polar surface area (TPSA) is 70.2 Å². The maximum absolute atomic E-state index is 12.0. The SMILES string of the molecule is CCNc1cc(NC2CCN(C)C2=O)nc(C2CC2)n1. The zero-order chi connectivity index (χ0) is 14.1. The zero-order valence-electron chi connectivity index (χ0n) is 12.0. The molecule has 6 heteroatoms. The van der Waals surface area contributed by atoms with Crippen molar-refractivity contribution in [2.45, 2.75) is 38.1 Å². The standard InChI is InChI=1S/C14H21N5O/c1-3-15-11-8-12(18-13(17-11)9-4-5-9)16-10-6-7-19(2)14(10)20/h8-10H,3-7H2,1-2H3,(H2,15,16,17,18). The van der Waals surface area contributed by atoms with E-state index in [0.717, 1.165) is 37.0 Å². The Morgan fingerprint density at radius 2 is 2.05 bits per heavy atom. The molecule has 2 heterocycles. The number of anilines is 2. The third-order valence-corrected chi connectivity index (χ3v) is 3.79. The summed E-state index contributed by atoms with van der Waals surface area (Å²) < 4.78 is 0. The van der Waals surface area contributed by atoms with Crippen molar-refractivity contribution in [3.05, 3.63) is 11.9 Å². The molecular formula is C14H21N5O. The van der Waals surface area contributed by atoms with Crippen molar-refractivity contribution in [2.24, 2.45) is 0 Å². The molecule has 1 aromatic rings. The highest BCUT2D eigenvalue weighted by Gasteiger charge is 2.31. The third kappa shape index (κ3) is 2.69. The Labute approximate surface area is 119 Å². The van der Waals surface area contributed by atoms with Gasteiger partial charge >= 0.3 is 0 Å². The third-order valence-electron chi connectivity index (χ3n) is 3.79. The summed E-state index contributed by atoms with van der Waals surface area (Å²) in [5, 5.41) is 6.49. The Hall–Kier alpha value is -1.85. The lowest BCUT2D eigenvalue weighted by Crippen LogP contribution is -2.31.